The Morgan fingerprint density at radius 3 is 2.74 bits per heavy atom. The fraction of sp³-hybridized carbons (Fsp3) is 0.500. The van der Waals surface area contributed by atoms with E-state index in [0.717, 1.165) is 31.5 Å². The molecule has 4 N–H and O–H groups in total. The number of amides is 1. The maximum atomic E-state index is 12.5. The Morgan fingerprint density at radius 1 is 1.37 bits per heavy atom. The topological polar surface area (TPSA) is 78.6 Å². The summed E-state index contributed by atoms with van der Waals surface area (Å²) in [4.78, 5) is 14.4. The van der Waals surface area contributed by atoms with Crippen LogP contribution in [0.3, 0.4) is 0 Å². The predicted octanol–water partition coefficient (Wildman–Crippen LogP) is 1.35. The summed E-state index contributed by atoms with van der Waals surface area (Å²) in [6.45, 7) is 0.908. The van der Waals surface area contributed by atoms with Crippen LogP contribution in [0.2, 0.25) is 0 Å². The van der Waals surface area contributed by atoms with E-state index in [1.54, 1.807) is 24.3 Å². The molecule has 1 aliphatic rings. The normalized spacial score (nSPS) is 19.3. The number of aliphatic hydroxyl groups is 1. The van der Waals surface area contributed by atoms with E-state index in [9.17, 15) is 4.79 Å². The summed E-state index contributed by atoms with van der Waals surface area (Å²) in [5.41, 5.74) is 3.99. The van der Waals surface area contributed by atoms with Gasteiger partial charge in [-0.1, -0.05) is 0 Å². The monoisotopic (exact) mass is 263 g/mol. The zero-order valence-corrected chi connectivity index (χ0v) is 11.0. The maximum Gasteiger partial charge on any atom is 0.254 e. The average molecular weight is 263 g/mol. The molecule has 1 aromatic carbocycles. The van der Waals surface area contributed by atoms with E-state index in [1.165, 1.54) is 0 Å². The first-order chi connectivity index (χ1) is 9.26. The van der Waals surface area contributed by atoms with Crippen LogP contribution in [-0.2, 0) is 0 Å². The SMILES string of the molecule is NNc1ccc(C(=O)N2CCCCC2CCO)cc1. The lowest BCUT2D eigenvalue weighted by molar-refractivity contribution is 0.0574. The number of likely N-dealkylation sites (tertiary alicyclic amines) is 1. The maximum absolute atomic E-state index is 12.5. The Labute approximate surface area is 113 Å². The van der Waals surface area contributed by atoms with Crippen LogP contribution in [0.25, 0.3) is 0 Å². The van der Waals surface area contributed by atoms with Crippen molar-refractivity contribution in [2.45, 2.75) is 31.7 Å². The Kier molecular flexibility index (Phi) is 4.76. The standard InChI is InChI=1S/C14H21N3O2/c15-16-12-6-4-11(5-7-12)14(19)17-9-2-1-3-13(17)8-10-18/h4-7,13,16,18H,1-3,8-10,15H2. The van der Waals surface area contributed by atoms with Gasteiger partial charge in [0.2, 0.25) is 0 Å². The summed E-state index contributed by atoms with van der Waals surface area (Å²) in [6, 6.07) is 7.30. The lowest BCUT2D eigenvalue weighted by Crippen LogP contribution is -2.44. The molecule has 1 amide bonds. The molecule has 0 aromatic heterocycles. The van der Waals surface area contributed by atoms with Gasteiger partial charge in [0.05, 0.1) is 0 Å². The van der Waals surface area contributed by atoms with Gasteiger partial charge in [-0.05, 0) is 49.9 Å². The molecule has 2 rings (SSSR count). The fourth-order valence-corrected chi connectivity index (χ4v) is 2.59. The first kappa shape index (κ1) is 13.8. The van der Waals surface area contributed by atoms with Crippen LogP contribution in [-0.4, -0.2) is 35.1 Å². The van der Waals surface area contributed by atoms with Crippen molar-refractivity contribution in [1.82, 2.24) is 4.90 Å². The second kappa shape index (κ2) is 6.54. The van der Waals surface area contributed by atoms with Gasteiger partial charge in [0, 0.05) is 30.4 Å². The molecule has 0 saturated carbocycles. The average Bonchev–Trinajstić information content (AvgIpc) is 2.47. The molecule has 1 unspecified atom stereocenters. The number of hydrogen-bond donors (Lipinski definition) is 3. The number of hydrazine groups is 1. The van der Waals surface area contributed by atoms with E-state index >= 15 is 0 Å². The molecule has 19 heavy (non-hydrogen) atoms. The van der Waals surface area contributed by atoms with Crippen molar-refractivity contribution >= 4 is 11.6 Å². The lowest BCUT2D eigenvalue weighted by atomic mass is 9.98. The minimum atomic E-state index is 0.0433. The molecule has 1 heterocycles. The van der Waals surface area contributed by atoms with Crippen LogP contribution in [0, 0.1) is 0 Å². The third-order valence-electron chi connectivity index (χ3n) is 3.65. The molecule has 1 aromatic rings. The molecule has 0 radical (unpaired) electrons. The van der Waals surface area contributed by atoms with Crippen LogP contribution < -0.4 is 11.3 Å². The van der Waals surface area contributed by atoms with Gasteiger partial charge >= 0.3 is 0 Å². The van der Waals surface area contributed by atoms with Crippen molar-refractivity contribution in [3.8, 4) is 0 Å². The van der Waals surface area contributed by atoms with E-state index in [0.29, 0.717) is 12.0 Å². The zero-order chi connectivity index (χ0) is 13.7. The van der Waals surface area contributed by atoms with Crippen molar-refractivity contribution < 1.29 is 9.90 Å². The highest BCUT2D eigenvalue weighted by Gasteiger charge is 2.26. The van der Waals surface area contributed by atoms with Gasteiger partial charge in [0.1, 0.15) is 0 Å². The van der Waals surface area contributed by atoms with Gasteiger partial charge in [0.15, 0.2) is 0 Å². The first-order valence-electron chi connectivity index (χ1n) is 6.74. The highest BCUT2D eigenvalue weighted by molar-refractivity contribution is 5.94. The molecule has 5 heteroatoms. The van der Waals surface area contributed by atoms with Crippen LogP contribution >= 0.6 is 0 Å². The van der Waals surface area contributed by atoms with Crippen molar-refractivity contribution in [3.63, 3.8) is 0 Å². The summed E-state index contributed by atoms with van der Waals surface area (Å²) < 4.78 is 0. The van der Waals surface area contributed by atoms with E-state index in [4.69, 9.17) is 10.9 Å². The zero-order valence-electron chi connectivity index (χ0n) is 11.0. The molecular weight excluding hydrogens is 242 g/mol. The number of aliphatic hydroxyl groups excluding tert-OH is 1. The molecule has 1 fully saturated rings. The number of anilines is 1. The Hall–Kier alpha value is -1.59. The molecule has 1 atom stereocenters. The minimum absolute atomic E-state index is 0.0433. The third-order valence-corrected chi connectivity index (χ3v) is 3.65. The molecular formula is C14H21N3O2. The Balaban J connectivity index is 2.11. The number of rotatable bonds is 4. The molecule has 1 aliphatic heterocycles. The van der Waals surface area contributed by atoms with Gasteiger partial charge < -0.3 is 15.4 Å². The van der Waals surface area contributed by atoms with E-state index in [2.05, 4.69) is 5.43 Å². The van der Waals surface area contributed by atoms with Crippen LogP contribution in [0.5, 0.6) is 0 Å². The van der Waals surface area contributed by atoms with E-state index in [-0.39, 0.29) is 18.6 Å². The molecule has 1 saturated heterocycles. The number of piperidine rings is 1. The number of nitrogens with two attached hydrogens (primary N) is 1. The van der Waals surface area contributed by atoms with Crippen molar-refractivity contribution in [1.29, 1.82) is 0 Å². The van der Waals surface area contributed by atoms with Gasteiger partial charge in [0.25, 0.3) is 5.91 Å². The van der Waals surface area contributed by atoms with Crippen LogP contribution in [0.4, 0.5) is 5.69 Å². The van der Waals surface area contributed by atoms with Crippen molar-refractivity contribution in [2.75, 3.05) is 18.6 Å². The van der Waals surface area contributed by atoms with Gasteiger partial charge in [-0.25, -0.2) is 0 Å². The molecule has 0 bridgehead atoms. The van der Waals surface area contributed by atoms with E-state index in [1.807, 2.05) is 4.90 Å². The van der Waals surface area contributed by atoms with Gasteiger partial charge in [-0.3, -0.25) is 10.6 Å². The first-order valence-corrected chi connectivity index (χ1v) is 6.74. The number of nitrogen functional groups attached to an aromatic ring is 1. The number of carbonyl (C=O) groups is 1. The number of benzene rings is 1. The summed E-state index contributed by atoms with van der Waals surface area (Å²) in [5, 5.41) is 9.10. The second-order valence-electron chi connectivity index (χ2n) is 4.88. The Bertz CT molecular complexity index is 417. The highest BCUT2D eigenvalue weighted by Crippen LogP contribution is 2.22. The fourth-order valence-electron chi connectivity index (χ4n) is 2.59. The molecule has 104 valence electrons. The molecule has 5 nitrogen and oxygen atoms in total. The van der Waals surface area contributed by atoms with Crippen molar-refractivity contribution in [3.05, 3.63) is 29.8 Å². The minimum Gasteiger partial charge on any atom is -0.396 e. The molecule has 0 spiro atoms. The van der Waals surface area contributed by atoms with Crippen LogP contribution in [0.15, 0.2) is 24.3 Å². The molecule has 0 aliphatic carbocycles. The summed E-state index contributed by atoms with van der Waals surface area (Å²) in [7, 11) is 0. The van der Waals surface area contributed by atoms with E-state index < -0.39 is 0 Å². The second-order valence-corrected chi connectivity index (χ2v) is 4.88. The largest absolute Gasteiger partial charge is 0.396 e. The van der Waals surface area contributed by atoms with Gasteiger partial charge in [-0.2, -0.15) is 0 Å². The lowest BCUT2D eigenvalue weighted by Gasteiger charge is -2.35. The number of hydrogen-bond acceptors (Lipinski definition) is 4. The Morgan fingerprint density at radius 2 is 2.11 bits per heavy atom. The number of carbonyl (C=O) groups excluding carboxylic acids is 1. The summed E-state index contributed by atoms with van der Waals surface area (Å²) >= 11 is 0. The number of nitrogens with zero attached hydrogens (tertiary/aromatic N) is 1. The van der Waals surface area contributed by atoms with Gasteiger partial charge in [-0.15, -0.1) is 0 Å². The highest BCUT2D eigenvalue weighted by atomic mass is 16.3. The summed E-state index contributed by atoms with van der Waals surface area (Å²) in [5.74, 6) is 5.35. The van der Waals surface area contributed by atoms with Crippen molar-refractivity contribution in [2.24, 2.45) is 5.84 Å². The van der Waals surface area contributed by atoms with Crippen LogP contribution in [0.1, 0.15) is 36.0 Å². The summed E-state index contributed by atoms with van der Waals surface area (Å²) in [6.07, 6.45) is 3.81. The smallest absolute Gasteiger partial charge is 0.254 e. The third kappa shape index (κ3) is 3.24. The predicted molar refractivity (Wildman–Crippen MR) is 74.6 cm³/mol. The number of nitrogens with one attached hydrogen (secondary N) is 1. The quantitative estimate of drug-likeness (QED) is 0.566.